The number of carbonyl (C=O) groups excluding carboxylic acids is 1. The Morgan fingerprint density at radius 3 is 2.65 bits per heavy atom. The van der Waals surface area contributed by atoms with E-state index in [9.17, 15) is 4.79 Å². The first-order valence-electron chi connectivity index (χ1n) is 6.42. The van der Waals surface area contributed by atoms with Gasteiger partial charge in [-0.25, -0.2) is 0 Å². The van der Waals surface area contributed by atoms with Crippen molar-refractivity contribution in [1.82, 2.24) is 4.90 Å². The molecular formula is C15H14N2O2S. The predicted octanol–water partition coefficient (Wildman–Crippen LogP) is 2.52. The van der Waals surface area contributed by atoms with E-state index in [2.05, 4.69) is 4.90 Å². The summed E-state index contributed by atoms with van der Waals surface area (Å²) in [6, 6.07) is 8.06. The van der Waals surface area contributed by atoms with E-state index in [1.807, 2.05) is 43.3 Å². The summed E-state index contributed by atoms with van der Waals surface area (Å²) in [5.41, 5.74) is 2.94. The molecule has 0 radical (unpaired) electrons. The monoisotopic (exact) mass is 286 g/mol. The molecule has 2 aliphatic heterocycles. The molecule has 1 saturated heterocycles. The summed E-state index contributed by atoms with van der Waals surface area (Å²) in [5, 5.41) is 0.195. The van der Waals surface area contributed by atoms with Crippen LogP contribution in [-0.4, -0.2) is 29.6 Å². The summed E-state index contributed by atoms with van der Waals surface area (Å²) < 4.78 is 5.47. The highest BCUT2D eigenvalue weighted by atomic mass is 32.1. The fourth-order valence-corrected chi connectivity index (χ4v) is 2.56. The Morgan fingerprint density at radius 1 is 1.25 bits per heavy atom. The minimum Gasteiger partial charge on any atom is -0.423 e. The highest BCUT2D eigenvalue weighted by Gasteiger charge is 2.35. The largest absolute Gasteiger partial charge is 0.423 e. The molecule has 0 saturated carbocycles. The minimum atomic E-state index is -0.201. The van der Waals surface area contributed by atoms with Gasteiger partial charge in [0.05, 0.1) is 5.70 Å². The number of carbonyl (C=O) groups is 1. The van der Waals surface area contributed by atoms with Gasteiger partial charge in [-0.1, -0.05) is 24.3 Å². The van der Waals surface area contributed by atoms with Gasteiger partial charge >= 0.3 is 0 Å². The van der Waals surface area contributed by atoms with Crippen LogP contribution in [-0.2, 0) is 9.53 Å². The van der Waals surface area contributed by atoms with Crippen LogP contribution in [0.5, 0.6) is 0 Å². The summed E-state index contributed by atoms with van der Waals surface area (Å²) >= 11 is 5.02. The molecule has 102 valence electrons. The smallest absolute Gasteiger partial charge is 0.299 e. The van der Waals surface area contributed by atoms with Gasteiger partial charge in [-0.15, -0.1) is 0 Å². The van der Waals surface area contributed by atoms with E-state index in [0.29, 0.717) is 5.76 Å². The second-order valence-electron chi connectivity index (χ2n) is 4.58. The third-order valence-electron chi connectivity index (χ3n) is 3.45. The van der Waals surface area contributed by atoms with Crippen LogP contribution in [0, 0.1) is 0 Å². The van der Waals surface area contributed by atoms with Crippen LogP contribution in [0.3, 0.4) is 0 Å². The number of rotatable bonds is 1. The molecule has 0 atom stereocenters. The third-order valence-corrected chi connectivity index (χ3v) is 3.81. The maximum absolute atomic E-state index is 12.2. The van der Waals surface area contributed by atoms with E-state index in [-0.39, 0.29) is 11.1 Å². The van der Waals surface area contributed by atoms with Crippen molar-refractivity contribution in [2.24, 2.45) is 0 Å². The van der Waals surface area contributed by atoms with E-state index >= 15 is 0 Å². The van der Waals surface area contributed by atoms with Crippen LogP contribution in [0.4, 0.5) is 5.69 Å². The molecular weight excluding hydrogens is 272 g/mol. The van der Waals surface area contributed by atoms with Crippen molar-refractivity contribution in [2.45, 2.75) is 6.92 Å². The maximum Gasteiger partial charge on any atom is 0.299 e. The lowest BCUT2D eigenvalue weighted by Gasteiger charge is -2.29. The van der Waals surface area contributed by atoms with Crippen molar-refractivity contribution in [3.05, 3.63) is 47.4 Å². The lowest BCUT2D eigenvalue weighted by Crippen LogP contribution is -2.28. The topological polar surface area (TPSA) is 32.8 Å². The number of likely N-dealkylation sites (N-methyl/N-ethyl adjacent to an activating group) is 2. The van der Waals surface area contributed by atoms with Crippen molar-refractivity contribution < 1.29 is 9.53 Å². The van der Waals surface area contributed by atoms with Gasteiger partial charge in [0, 0.05) is 19.3 Å². The summed E-state index contributed by atoms with van der Waals surface area (Å²) in [4.78, 5) is 15.6. The van der Waals surface area contributed by atoms with Gasteiger partial charge in [0.2, 0.25) is 5.76 Å². The van der Waals surface area contributed by atoms with Gasteiger partial charge in [-0.05, 0) is 36.8 Å². The van der Waals surface area contributed by atoms with Gasteiger partial charge in [0.15, 0.2) is 0 Å². The van der Waals surface area contributed by atoms with Crippen LogP contribution < -0.4 is 4.90 Å². The lowest BCUT2D eigenvalue weighted by molar-refractivity contribution is -0.122. The fraction of sp³-hybridized carbons (Fsp3) is 0.200. The van der Waals surface area contributed by atoms with E-state index in [1.54, 1.807) is 7.05 Å². The van der Waals surface area contributed by atoms with E-state index in [1.165, 1.54) is 4.90 Å². The Balaban J connectivity index is 2.13. The predicted molar refractivity (Wildman–Crippen MR) is 82.0 cm³/mol. The fourth-order valence-electron chi connectivity index (χ4n) is 2.40. The molecule has 0 bridgehead atoms. The van der Waals surface area contributed by atoms with Gasteiger partial charge in [-0.2, -0.15) is 0 Å². The van der Waals surface area contributed by atoms with Crippen molar-refractivity contribution in [1.29, 1.82) is 0 Å². The van der Waals surface area contributed by atoms with Crippen LogP contribution in [0.2, 0.25) is 0 Å². The lowest BCUT2D eigenvalue weighted by atomic mass is 10.1. The Hall–Kier alpha value is -2.14. The van der Waals surface area contributed by atoms with Gasteiger partial charge in [0.25, 0.3) is 11.1 Å². The molecule has 20 heavy (non-hydrogen) atoms. The molecule has 0 aliphatic carbocycles. The number of hydrogen-bond donors (Lipinski definition) is 0. The standard InChI is InChI=1S/C15H14N2O2S/c1-3-17-11-7-5-4-6-10(11)8-9-12(17)13-14(18)16(2)15(20)19-13/h4-9H,3H2,1-2H3/b13-12+. The molecule has 1 aromatic carbocycles. The maximum atomic E-state index is 12.2. The molecule has 4 nitrogen and oxygen atoms in total. The number of nitrogens with zero attached hydrogens (tertiary/aromatic N) is 2. The molecule has 2 heterocycles. The van der Waals surface area contributed by atoms with E-state index < -0.39 is 0 Å². The minimum absolute atomic E-state index is 0.195. The quantitative estimate of drug-likeness (QED) is 0.586. The number of hydrogen-bond acceptors (Lipinski definition) is 4. The number of benzene rings is 1. The van der Waals surface area contributed by atoms with E-state index in [4.69, 9.17) is 17.0 Å². The first kappa shape index (κ1) is 12.9. The molecule has 0 N–H and O–H groups in total. The summed E-state index contributed by atoms with van der Waals surface area (Å²) in [6.07, 6.45) is 3.89. The molecule has 0 spiro atoms. The highest BCUT2D eigenvalue weighted by molar-refractivity contribution is 7.80. The number of amides is 1. The molecule has 1 amide bonds. The third kappa shape index (κ3) is 1.82. The number of thiocarbonyl (C=S) groups is 1. The number of ether oxygens (including phenoxy) is 1. The first-order chi connectivity index (χ1) is 9.63. The van der Waals surface area contributed by atoms with Crippen molar-refractivity contribution in [3.8, 4) is 0 Å². The van der Waals surface area contributed by atoms with Crippen molar-refractivity contribution in [3.63, 3.8) is 0 Å². The van der Waals surface area contributed by atoms with Crippen LogP contribution in [0.1, 0.15) is 12.5 Å². The zero-order valence-corrected chi connectivity index (χ0v) is 12.1. The number of fused-ring (bicyclic) bond motifs is 1. The average molecular weight is 286 g/mol. The first-order valence-corrected chi connectivity index (χ1v) is 6.83. The Labute approximate surface area is 122 Å². The number of anilines is 1. The van der Waals surface area contributed by atoms with Gasteiger partial charge in [0.1, 0.15) is 0 Å². The molecule has 3 rings (SSSR count). The van der Waals surface area contributed by atoms with Crippen LogP contribution >= 0.6 is 12.2 Å². The molecule has 1 fully saturated rings. The second-order valence-corrected chi connectivity index (χ2v) is 4.93. The zero-order valence-electron chi connectivity index (χ0n) is 11.3. The normalized spacial score (nSPS) is 21.3. The zero-order chi connectivity index (χ0) is 14.3. The average Bonchev–Trinajstić information content (AvgIpc) is 2.73. The highest BCUT2D eigenvalue weighted by Crippen LogP contribution is 2.33. The Morgan fingerprint density at radius 2 is 2.00 bits per heavy atom. The molecule has 2 aliphatic rings. The van der Waals surface area contributed by atoms with Crippen molar-refractivity contribution >= 4 is 35.1 Å². The Kier molecular flexibility index (Phi) is 3.06. The summed E-state index contributed by atoms with van der Waals surface area (Å²) in [6.45, 7) is 2.78. The van der Waals surface area contributed by atoms with Crippen LogP contribution in [0.15, 0.2) is 41.8 Å². The summed E-state index contributed by atoms with van der Waals surface area (Å²) in [7, 11) is 1.62. The molecule has 0 unspecified atom stereocenters. The molecule has 5 heteroatoms. The molecule has 0 aromatic heterocycles. The second kappa shape index (κ2) is 4.76. The SMILES string of the molecule is CCN1/C(=C2/OC(=S)N(C)C2=O)C=Cc2ccccc21. The Bertz CT molecular complexity index is 664. The number of para-hydroxylation sites is 1. The number of allylic oxidation sites excluding steroid dienone is 1. The van der Waals surface area contributed by atoms with Crippen molar-refractivity contribution in [2.75, 3.05) is 18.5 Å². The summed E-state index contributed by atoms with van der Waals surface area (Å²) in [5.74, 6) is 0.0950. The van der Waals surface area contributed by atoms with Crippen LogP contribution in [0.25, 0.3) is 6.08 Å². The molecule has 1 aromatic rings. The van der Waals surface area contributed by atoms with Gasteiger partial charge < -0.3 is 9.64 Å². The van der Waals surface area contributed by atoms with Gasteiger partial charge in [-0.3, -0.25) is 9.69 Å². The van der Waals surface area contributed by atoms with E-state index in [0.717, 1.165) is 23.5 Å².